The standard InChI is InChI=1S/C20H19F2N3O4/c1-20(10-12-6-3-4-9-15(12)29-2)18(27)25(19(28)24-20)11-16(26)23-17-13(21)7-5-8-14(17)22/h3-9H,10-11H2,1-2H3,(H,23,26)(H,24,28)/t20-/m1/s1. The molecular formula is C20H19F2N3O4. The van der Waals surface area contributed by atoms with E-state index in [2.05, 4.69) is 10.6 Å². The molecule has 1 aliphatic rings. The van der Waals surface area contributed by atoms with E-state index in [9.17, 15) is 23.2 Å². The molecule has 2 N–H and O–H groups in total. The number of urea groups is 1. The van der Waals surface area contributed by atoms with Gasteiger partial charge in [-0.3, -0.25) is 14.5 Å². The normalized spacial score (nSPS) is 18.6. The second-order valence-electron chi connectivity index (χ2n) is 6.79. The van der Waals surface area contributed by atoms with E-state index in [1.807, 2.05) is 0 Å². The molecule has 1 saturated heterocycles. The Labute approximate surface area is 165 Å². The number of ether oxygens (including phenoxy) is 1. The molecule has 4 amide bonds. The quantitative estimate of drug-likeness (QED) is 0.726. The third-order valence-electron chi connectivity index (χ3n) is 4.61. The summed E-state index contributed by atoms with van der Waals surface area (Å²) in [6.07, 6.45) is 0.141. The summed E-state index contributed by atoms with van der Waals surface area (Å²) in [4.78, 5) is 38.0. The van der Waals surface area contributed by atoms with Crippen molar-refractivity contribution in [1.29, 1.82) is 0 Å². The van der Waals surface area contributed by atoms with Crippen LogP contribution in [0.15, 0.2) is 42.5 Å². The summed E-state index contributed by atoms with van der Waals surface area (Å²) >= 11 is 0. The Morgan fingerprint density at radius 2 is 1.79 bits per heavy atom. The van der Waals surface area contributed by atoms with Gasteiger partial charge in [0.05, 0.1) is 7.11 Å². The minimum Gasteiger partial charge on any atom is -0.496 e. The summed E-state index contributed by atoms with van der Waals surface area (Å²) in [7, 11) is 1.49. The molecule has 1 heterocycles. The topological polar surface area (TPSA) is 87.7 Å². The van der Waals surface area contributed by atoms with Gasteiger partial charge in [-0.05, 0) is 30.7 Å². The zero-order chi connectivity index (χ0) is 21.2. The van der Waals surface area contributed by atoms with Crippen molar-refractivity contribution >= 4 is 23.5 Å². The Bertz CT molecular complexity index is 962. The Hall–Kier alpha value is -3.49. The molecule has 1 aliphatic heterocycles. The van der Waals surface area contributed by atoms with Gasteiger partial charge < -0.3 is 15.4 Å². The molecule has 0 unspecified atom stereocenters. The average molecular weight is 403 g/mol. The van der Waals surface area contributed by atoms with Gasteiger partial charge in [-0.1, -0.05) is 24.3 Å². The highest BCUT2D eigenvalue weighted by Gasteiger charge is 2.48. The highest BCUT2D eigenvalue weighted by atomic mass is 19.1. The predicted molar refractivity (Wildman–Crippen MR) is 100 cm³/mol. The van der Waals surface area contributed by atoms with Gasteiger partial charge in [0.1, 0.15) is 35.2 Å². The van der Waals surface area contributed by atoms with E-state index in [1.54, 1.807) is 24.3 Å². The van der Waals surface area contributed by atoms with Crippen molar-refractivity contribution in [2.75, 3.05) is 19.0 Å². The summed E-state index contributed by atoms with van der Waals surface area (Å²) in [6.45, 7) is 0.855. The first kappa shape index (κ1) is 20.2. The van der Waals surface area contributed by atoms with E-state index >= 15 is 0 Å². The van der Waals surface area contributed by atoms with Gasteiger partial charge in [-0.25, -0.2) is 13.6 Å². The Balaban J connectivity index is 1.74. The maximum absolute atomic E-state index is 13.7. The third-order valence-corrected chi connectivity index (χ3v) is 4.61. The highest BCUT2D eigenvalue weighted by molar-refractivity contribution is 6.10. The first-order chi connectivity index (χ1) is 13.7. The first-order valence-corrected chi connectivity index (χ1v) is 8.75. The summed E-state index contributed by atoms with van der Waals surface area (Å²) in [5, 5.41) is 4.63. The van der Waals surface area contributed by atoms with Crippen LogP contribution in [0, 0.1) is 11.6 Å². The lowest BCUT2D eigenvalue weighted by Crippen LogP contribution is -2.46. The van der Waals surface area contributed by atoms with Crippen molar-refractivity contribution < 1.29 is 27.9 Å². The minimum absolute atomic E-state index is 0.141. The number of halogens is 2. The minimum atomic E-state index is -1.30. The number of carbonyl (C=O) groups is 3. The van der Waals surface area contributed by atoms with Crippen LogP contribution in [0.1, 0.15) is 12.5 Å². The number of nitrogens with one attached hydrogen (secondary N) is 2. The average Bonchev–Trinajstić information content (AvgIpc) is 2.88. The van der Waals surface area contributed by atoms with Gasteiger partial charge >= 0.3 is 6.03 Å². The highest BCUT2D eigenvalue weighted by Crippen LogP contribution is 2.27. The Morgan fingerprint density at radius 3 is 2.45 bits per heavy atom. The molecule has 0 radical (unpaired) electrons. The molecule has 0 spiro atoms. The van der Waals surface area contributed by atoms with Crippen LogP contribution < -0.4 is 15.4 Å². The van der Waals surface area contributed by atoms with E-state index in [1.165, 1.54) is 14.0 Å². The molecule has 2 aromatic rings. The monoisotopic (exact) mass is 403 g/mol. The molecule has 2 aromatic carbocycles. The fourth-order valence-electron chi connectivity index (χ4n) is 3.18. The summed E-state index contributed by atoms with van der Waals surface area (Å²) < 4.78 is 32.6. The Morgan fingerprint density at radius 1 is 1.14 bits per heavy atom. The number of imide groups is 1. The number of hydrogen-bond donors (Lipinski definition) is 2. The zero-order valence-electron chi connectivity index (χ0n) is 15.8. The van der Waals surface area contributed by atoms with Crippen molar-refractivity contribution in [2.24, 2.45) is 0 Å². The second-order valence-corrected chi connectivity index (χ2v) is 6.79. The number of carbonyl (C=O) groups excluding carboxylic acids is 3. The van der Waals surface area contributed by atoms with Crippen LogP contribution in [0.4, 0.5) is 19.3 Å². The van der Waals surface area contributed by atoms with Crippen molar-refractivity contribution in [3.63, 3.8) is 0 Å². The van der Waals surface area contributed by atoms with Gasteiger partial charge in [0.15, 0.2) is 0 Å². The molecule has 0 aliphatic carbocycles. The molecule has 7 nitrogen and oxygen atoms in total. The van der Waals surface area contributed by atoms with Crippen LogP contribution in [0.25, 0.3) is 0 Å². The Kier molecular flexibility index (Phi) is 5.49. The van der Waals surface area contributed by atoms with Crippen molar-refractivity contribution in [3.8, 4) is 5.75 Å². The molecule has 3 rings (SSSR count). The van der Waals surface area contributed by atoms with Crippen molar-refractivity contribution in [2.45, 2.75) is 18.9 Å². The number of rotatable bonds is 6. The fourth-order valence-corrected chi connectivity index (χ4v) is 3.18. The number of methoxy groups -OCH3 is 1. The molecular weight excluding hydrogens is 384 g/mol. The number of hydrogen-bond acceptors (Lipinski definition) is 4. The van der Waals surface area contributed by atoms with E-state index < -0.39 is 47.3 Å². The van der Waals surface area contributed by atoms with Crippen LogP contribution in [0.5, 0.6) is 5.75 Å². The van der Waals surface area contributed by atoms with Crippen LogP contribution >= 0.6 is 0 Å². The first-order valence-electron chi connectivity index (χ1n) is 8.75. The molecule has 0 saturated carbocycles. The predicted octanol–water partition coefficient (Wildman–Crippen LogP) is 2.47. The lowest BCUT2D eigenvalue weighted by Gasteiger charge is -2.22. The van der Waals surface area contributed by atoms with E-state index in [0.717, 1.165) is 18.2 Å². The number of para-hydroxylation sites is 2. The van der Waals surface area contributed by atoms with Crippen LogP contribution in [0.2, 0.25) is 0 Å². The van der Waals surface area contributed by atoms with Gasteiger partial charge in [0, 0.05) is 6.42 Å². The van der Waals surface area contributed by atoms with E-state index in [-0.39, 0.29) is 6.42 Å². The molecule has 1 atom stereocenters. The molecule has 0 bridgehead atoms. The maximum atomic E-state index is 13.7. The number of amides is 4. The van der Waals surface area contributed by atoms with Gasteiger partial charge in [-0.2, -0.15) is 0 Å². The summed E-state index contributed by atoms with van der Waals surface area (Å²) in [5.41, 5.74) is -1.23. The number of benzene rings is 2. The van der Waals surface area contributed by atoms with Crippen LogP contribution in [0.3, 0.4) is 0 Å². The SMILES string of the molecule is COc1ccccc1C[C@@]1(C)NC(=O)N(CC(=O)Nc2c(F)cccc2F)C1=O. The molecule has 0 aromatic heterocycles. The van der Waals surface area contributed by atoms with Crippen molar-refractivity contribution in [1.82, 2.24) is 10.2 Å². The number of anilines is 1. The van der Waals surface area contributed by atoms with Gasteiger partial charge in [0.25, 0.3) is 5.91 Å². The second kappa shape index (κ2) is 7.86. The van der Waals surface area contributed by atoms with E-state index in [4.69, 9.17) is 4.74 Å². The van der Waals surface area contributed by atoms with Gasteiger partial charge in [-0.15, -0.1) is 0 Å². The molecule has 152 valence electrons. The van der Waals surface area contributed by atoms with Crippen LogP contribution in [-0.2, 0) is 16.0 Å². The number of nitrogens with zero attached hydrogens (tertiary/aromatic N) is 1. The van der Waals surface area contributed by atoms with E-state index in [0.29, 0.717) is 16.2 Å². The molecule has 9 heteroatoms. The zero-order valence-corrected chi connectivity index (χ0v) is 15.8. The maximum Gasteiger partial charge on any atom is 0.325 e. The molecule has 29 heavy (non-hydrogen) atoms. The van der Waals surface area contributed by atoms with Crippen molar-refractivity contribution in [3.05, 3.63) is 59.7 Å². The third kappa shape index (κ3) is 4.03. The summed E-state index contributed by atoms with van der Waals surface area (Å²) in [5.74, 6) is -2.90. The largest absolute Gasteiger partial charge is 0.496 e. The van der Waals surface area contributed by atoms with Gasteiger partial charge in [0.2, 0.25) is 5.91 Å². The smallest absolute Gasteiger partial charge is 0.325 e. The fraction of sp³-hybridized carbons (Fsp3) is 0.250. The van der Waals surface area contributed by atoms with Crippen LogP contribution in [-0.4, -0.2) is 41.9 Å². The summed E-state index contributed by atoms with van der Waals surface area (Å²) in [6, 6.07) is 9.40. The lowest BCUT2D eigenvalue weighted by molar-refractivity contribution is -0.133. The molecule has 1 fully saturated rings. The lowest BCUT2D eigenvalue weighted by atomic mass is 9.92.